The van der Waals surface area contributed by atoms with E-state index in [1.165, 1.54) is 0 Å². The second-order valence-electron chi connectivity index (χ2n) is 7.97. The number of morpholine rings is 1. The lowest BCUT2D eigenvalue weighted by Crippen LogP contribution is -2.40. The molecule has 0 spiro atoms. The van der Waals surface area contributed by atoms with Gasteiger partial charge >= 0.3 is 0 Å². The minimum Gasteiger partial charge on any atom is -0.491 e. The molecule has 1 saturated heterocycles. The topological polar surface area (TPSA) is 87.5 Å². The summed E-state index contributed by atoms with van der Waals surface area (Å²) in [5.41, 5.74) is 10.7. The van der Waals surface area contributed by atoms with Crippen LogP contribution in [0.2, 0.25) is 5.02 Å². The summed E-state index contributed by atoms with van der Waals surface area (Å²) in [6, 6.07) is 13.1. The number of hydrogen-bond donors (Lipinski definition) is 0. The van der Waals surface area contributed by atoms with E-state index < -0.39 is 0 Å². The highest BCUT2D eigenvalue weighted by molar-refractivity contribution is 6.32. The van der Waals surface area contributed by atoms with Crippen molar-refractivity contribution < 1.29 is 14.3 Å². The summed E-state index contributed by atoms with van der Waals surface area (Å²) >= 11 is 6.42. The standard InChI is InChI=1S/C22H25ClN4O3/c1-22(2,14-25-26-24)15-30-20-8-7-18(13-19(20)23)16-3-5-17(6-4-16)21(28)27-9-11-29-12-10-27/h3-8,13H,9-12,14-15H2,1-2H3. The Balaban J connectivity index is 1.67. The average molecular weight is 429 g/mol. The summed E-state index contributed by atoms with van der Waals surface area (Å²) in [5, 5.41) is 4.12. The molecular weight excluding hydrogens is 404 g/mol. The molecular formula is C22H25ClN4O3. The Hall–Kier alpha value is -2.73. The van der Waals surface area contributed by atoms with Crippen LogP contribution < -0.4 is 4.74 Å². The fourth-order valence-corrected chi connectivity index (χ4v) is 3.33. The van der Waals surface area contributed by atoms with E-state index in [-0.39, 0.29) is 11.3 Å². The maximum absolute atomic E-state index is 12.6. The molecule has 0 radical (unpaired) electrons. The monoisotopic (exact) mass is 428 g/mol. The van der Waals surface area contributed by atoms with Gasteiger partial charge in [-0.1, -0.05) is 48.8 Å². The fraction of sp³-hybridized carbons (Fsp3) is 0.409. The Kier molecular flexibility index (Phi) is 7.21. The summed E-state index contributed by atoms with van der Waals surface area (Å²) in [7, 11) is 0. The van der Waals surface area contributed by atoms with Gasteiger partial charge in [0.15, 0.2) is 0 Å². The predicted octanol–water partition coefficient (Wildman–Crippen LogP) is 5.19. The molecule has 7 nitrogen and oxygen atoms in total. The number of halogens is 1. The summed E-state index contributed by atoms with van der Waals surface area (Å²) < 4.78 is 11.1. The van der Waals surface area contributed by atoms with Gasteiger partial charge < -0.3 is 14.4 Å². The molecule has 2 aromatic carbocycles. The number of carbonyl (C=O) groups is 1. The molecule has 30 heavy (non-hydrogen) atoms. The molecule has 158 valence electrons. The van der Waals surface area contributed by atoms with E-state index in [2.05, 4.69) is 10.0 Å². The van der Waals surface area contributed by atoms with Gasteiger partial charge in [-0.15, -0.1) is 0 Å². The third kappa shape index (κ3) is 5.66. The second-order valence-corrected chi connectivity index (χ2v) is 8.38. The smallest absolute Gasteiger partial charge is 0.254 e. The Bertz CT molecular complexity index is 934. The molecule has 1 aliphatic heterocycles. The van der Waals surface area contributed by atoms with Gasteiger partial charge in [-0.3, -0.25) is 4.79 Å². The van der Waals surface area contributed by atoms with Crippen LogP contribution in [0.1, 0.15) is 24.2 Å². The molecule has 0 N–H and O–H groups in total. The third-order valence-corrected chi connectivity index (χ3v) is 5.17. The van der Waals surface area contributed by atoms with E-state index in [4.69, 9.17) is 26.6 Å². The van der Waals surface area contributed by atoms with Crippen molar-refractivity contribution in [3.63, 3.8) is 0 Å². The van der Waals surface area contributed by atoms with E-state index in [9.17, 15) is 4.79 Å². The summed E-state index contributed by atoms with van der Waals surface area (Å²) in [5.74, 6) is 0.600. The highest BCUT2D eigenvalue weighted by Crippen LogP contribution is 2.32. The van der Waals surface area contributed by atoms with Crippen molar-refractivity contribution in [1.82, 2.24) is 4.90 Å². The van der Waals surface area contributed by atoms with Crippen LogP contribution in [-0.2, 0) is 4.74 Å². The van der Waals surface area contributed by atoms with Crippen LogP contribution in [0.15, 0.2) is 47.6 Å². The minimum absolute atomic E-state index is 0.0231. The first-order valence-corrected chi connectivity index (χ1v) is 10.2. The van der Waals surface area contributed by atoms with Gasteiger partial charge in [0.1, 0.15) is 5.75 Å². The van der Waals surface area contributed by atoms with Crippen molar-refractivity contribution in [2.24, 2.45) is 10.5 Å². The lowest BCUT2D eigenvalue weighted by Gasteiger charge is -2.26. The number of benzene rings is 2. The molecule has 0 saturated carbocycles. The Morgan fingerprint density at radius 3 is 2.50 bits per heavy atom. The first-order chi connectivity index (χ1) is 14.4. The zero-order valence-electron chi connectivity index (χ0n) is 17.2. The summed E-state index contributed by atoms with van der Waals surface area (Å²) in [6.07, 6.45) is 0. The maximum Gasteiger partial charge on any atom is 0.254 e. The van der Waals surface area contributed by atoms with E-state index >= 15 is 0 Å². The zero-order chi connectivity index (χ0) is 21.6. The minimum atomic E-state index is -0.295. The number of ether oxygens (including phenoxy) is 2. The SMILES string of the molecule is CC(C)(CN=[N+]=[N-])COc1ccc(-c2ccc(C(=O)N3CCOCC3)cc2)cc1Cl. The first kappa shape index (κ1) is 22.0. The van der Waals surface area contributed by atoms with Crippen LogP contribution in [0.5, 0.6) is 5.75 Å². The number of carbonyl (C=O) groups excluding carboxylic acids is 1. The van der Waals surface area contributed by atoms with Gasteiger partial charge in [-0.2, -0.15) is 0 Å². The van der Waals surface area contributed by atoms with Crippen molar-refractivity contribution in [3.8, 4) is 16.9 Å². The first-order valence-electron chi connectivity index (χ1n) is 9.80. The van der Waals surface area contributed by atoms with E-state index in [0.29, 0.717) is 55.8 Å². The Labute approximate surface area is 181 Å². The van der Waals surface area contributed by atoms with Crippen LogP contribution in [-0.4, -0.2) is 50.3 Å². The lowest BCUT2D eigenvalue weighted by molar-refractivity contribution is 0.0303. The zero-order valence-corrected chi connectivity index (χ0v) is 17.9. The molecule has 8 heteroatoms. The molecule has 0 unspecified atom stereocenters. The van der Waals surface area contributed by atoms with Crippen molar-refractivity contribution in [3.05, 3.63) is 63.5 Å². The Morgan fingerprint density at radius 2 is 1.87 bits per heavy atom. The molecule has 1 fully saturated rings. The van der Waals surface area contributed by atoms with Gasteiger partial charge in [-0.25, -0.2) is 0 Å². The third-order valence-electron chi connectivity index (χ3n) is 4.88. The van der Waals surface area contributed by atoms with Gasteiger partial charge in [0.05, 0.1) is 24.8 Å². The molecule has 0 aromatic heterocycles. The van der Waals surface area contributed by atoms with Crippen LogP contribution >= 0.6 is 11.6 Å². The molecule has 1 aliphatic rings. The average Bonchev–Trinajstić information content (AvgIpc) is 2.77. The number of nitrogens with zero attached hydrogens (tertiary/aromatic N) is 4. The van der Waals surface area contributed by atoms with Crippen molar-refractivity contribution >= 4 is 17.5 Å². The van der Waals surface area contributed by atoms with Gasteiger partial charge in [0, 0.05) is 35.5 Å². The van der Waals surface area contributed by atoms with Crippen LogP contribution in [0.3, 0.4) is 0 Å². The predicted molar refractivity (Wildman–Crippen MR) is 117 cm³/mol. The molecule has 0 atom stereocenters. The maximum atomic E-state index is 12.6. The molecule has 0 bridgehead atoms. The molecule has 3 rings (SSSR count). The number of azide groups is 1. The van der Waals surface area contributed by atoms with Crippen LogP contribution in [0.25, 0.3) is 21.6 Å². The van der Waals surface area contributed by atoms with Crippen LogP contribution in [0, 0.1) is 5.41 Å². The van der Waals surface area contributed by atoms with Gasteiger partial charge in [-0.05, 0) is 40.9 Å². The van der Waals surface area contributed by atoms with E-state index in [1.54, 1.807) is 0 Å². The number of hydrogen-bond acceptors (Lipinski definition) is 4. The second kappa shape index (κ2) is 9.85. The van der Waals surface area contributed by atoms with Crippen molar-refractivity contribution in [2.45, 2.75) is 13.8 Å². The van der Waals surface area contributed by atoms with Gasteiger partial charge in [0.2, 0.25) is 0 Å². The fourth-order valence-electron chi connectivity index (χ4n) is 3.09. The molecule has 1 heterocycles. The number of rotatable bonds is 7. The molecule has 1 amide bonds. The highest BCUT2D eigenvalue weighted by atomic mass is 35.5. The summed E-state index contributed by atoms with van der Waals surface area (Å²) in [4.78, 5) is 17.2. The molecule has 2 aromatic rings. The largest absolute Gasteiger partial charge is 0.491 e. The van der Waals surface area contributed by atoms with Crippen LogP contribution in [0.4, 0.5) is 0 Å². The lowest BCUT2D eigenvalue weighted by atomic mass is 9.95. The Morgan fingerprint density at radius 1 is 1.20 bits per heavy atom. The van der Waals surface area contributed by atoms with Gasteiger partial charge in [0.25, 0.3) is 5.91 Å². The summed E-state index contributed by atoms with van der Waals surface area (Å²) in [6.45, 7) is 7.05. The molecule has 0 aliphatic carbocycles. The van der Waals surface area contributed by atoms with E-state index in [0.717, 1.165) is 11.1 Å². The quantitative estimate of drug-likeness (QED) is 0.345. The highest BCUT2D eigenvalue weighted by Gasteiger charge is 2.20. The van der Waals surface area contributed by atoms with Crippen molar-refractivity contribution in [1.29, 1.82) is 0 Å². The van der Waals surface area contributed by atoms with Crippen molar-refractivity contribution in [2.75, 3.05) is 39.5 Å². The number of amides is 1. The van der Waals surface area contributed by atoms with E-state index in [1.807, 2.05) is 61.2 Å². The normalized spacial score (nSPS) is 14.2.